The number of benzene rings is 1. The van der Waals surface area contributed by atoms with Crippen molar-refractivity contribution in [2.24, 2.45) is 0 Å². The van der Waals surface area contributed by atoms with Gasteiger partial charge in [-0.25, -0.2) is 0 Å². The zero-order valence-corrected chi connectivity index (χ0v) is 12.7. The summed E-state index contributed by atoms with van der Waals surface area (Å²) in [4.78, 5) is 23.3. The Kier molecular flexibility index (Phi) is 5.71. The Hall–Kier alpha value is -2.86. The van der Waals surface area contributed by atoms with E-state index in [0.29, 0.717) is 11.3 Å². The average molecular weight is 314 g/mol. The summed E-state index contributed by atoms with van der Waals surface area (Å²) in [6.07, 6.45) is 4.47. The van der Waals surface area contributed by atoms with Crippen LogP contribution in [-0.4, -0.2) is 30.6 Å². The van der Waals surface area contributed by atoms with Crippen molar-refractivity contribution in [2.45, 2.75) is 6.04 Å². The molecule has 1 aromatic heterocycles. The first-order valence-corrected chi connectivity index (χ1v) is 7.09. The topological polar surface area (TPSA) is 91.6 Å². The molecule has 0 aliphatic rings. The van der Waals surface area contributed by atoms with E-state index in [-0.39, 0.29) is 18.4 Å². The highest BCUT2D eigenvalue weighted by Gasteiger charge is 2.14. The molecule has 1 heterocycles. The lowest BCUT2D eigenvalue weighted by atomic mass is 10.1. The van der Waals surface area contributed by atoms with Crippen molar-refractivity contribution in [1.29, 1.82) is 0 Å². The van der Waals surface area contributed by atoms with E-state index in [1.807, 2.05) is 0 Å². The molecule has 120 valence electrons. The molecule has 6 heteroatoms. The molecule has 1 aromatic carbocycles. The molecular formula is C17H18N2O4. The molecule has 6 nitrogen and oxygen atoms in total. The Labute approximate surface area is 133 Å². The maximum Gasteiger partial charge on any atom is 0.251 e. The van der Waals surface area contributed by atoms with E-state index in [1.165, 1.54) is 12.3 Å². The molecular weight excluding hydrogens is 296 g/mol. The fraction of sp³-hybridized carbons (Fsp3) is 0.176. The summed E-state index contributed by atoms with van der Waals surface area (Å²) in [7, 11) is 1.57. The molecule has 0 saturated carbocycles. The van der Waals surface area contributed by atoms with Crippen LogP contribution < -0.4 is 10.6 Å². The molecule has 1 unspecified atom stereocenters. The van der Waals surface area contributed by atoms with Gasteiger partial charge in [0.1, 0.15) is 11.8 Å². The van der Waals surface area contributed by atoms with Gasteiger partial charge < -0.3 is 20.2 Å². The molecule has 1 atom stereocenters. The van der Waals surface area contributed by atoms with E-state index in [4.69, 9.17) is 4.42 Å². The second kappa shape index (κ2) is 7.95. The number of nitrogens with one attached hydrogen (secondary N) is 2. The number of carbonyl (C=O) groups is 2. The number of furan rings is 1. The van der Waals surface area contributed by atoms with Crippen LogP contribution in [0.3, 0.4) is 0 Å². The largest absolute Gasteiger partial charge is 0.467 e. The van der Waals surface area contributed by atoms with E-state index in [0.717, 1.165) is 5.56 Å². The molecule has 3 N–H and O–H groups in total. The van der Waals surface area contributed by atoms with Crippen LogP contribution in [0.15, 0.2) is 53.2 Å². The van der Waals surface area contributed by atoms with Gasteiger partial charge in [0.2, 0.25) is 5.91 Å². The Bertz CT molecular complexity index is 675. The van der Waals surface area contributed by atoms with Gasteiger partial charge in [-0.3, -0.25) is 9.59 Å². The number of hydrogen-bond donors (Lipinski definition) is 3. The Morgan fingerprint density at radius 3 is 2.57 bits per heavy atom. The fourth-order valence-corrected chi connectivity index (χ4v) is 1.98. The summed E-state index contributed by atoms with van der Waals surface area (Å²) in [5, 5.41) is 14.5. The number of amides is 2. The van der Waals surface area contributed by atoms with Gasteiger partial charge in [0.15, 0.2) is 0 Å². The zero-order valence-electron chi connectivity index (χ0n) is 12.7. The summed E-state index contributed by atoms with van der Waals surface area (Å²) in [6, 6.07) is 9.62. The highest BCUT2D eigenvalue weighted by atomic mass is 16.3. The molecule has 2 rings (SSSR count). The maximum atomic E-state index is 11.9. The van der Waals surface area contributed by atoms with Crippen molar-refractivity contribution in [2.75, 3.05) is 13.7 Å². The number of rotatable bonds is 6. The van der Waals surface area contributed by atoms with Crippen LogP contribution in [-0.2, 0) is 4.79 Å². The van der Waals surface area contributed by atoms with Crippen LogP contribution in [0.25, 0.3) is 6.08 Å². The van der Waals surface area contributed by atoms with E-state index in [2.05, 4.69) is 10.6 Å². The molecule has 0 fully saturated rings. The van der Waals surface area contributed by atoms with Crippen molar-refractivity contribution in [3.8, 4) is 0 Å². The molecule has 23 heavy (non-hydrogen) atoms. The van der Waals surface area contributed by atoms with Gasteiger partial charge in [0, 0.05) is 18.7 Å². The lowest BCUT2D eigenvalue weighted by Crippen LogP contribution is -2.28. The van der Waals surface area contributed by atoms with Crippen molar-refractivity contribution < 1.29 is 19.1 Å². The second-order valence-electron chi connectivity index (χ2n) is 4.79. The predicted octanol–water partition coefficient (Wildman–Crippen LogP) is 1.50. The third kappa shape index (κ3) is 4.55. The average Bonchev–Trinajstić information content (AvgIpc) is 3.12. The van der Waals surface area contributed by atoms with E-state index in [9.17, 15) is 14.7 Å². The fourth-order valence-electron chi connectivity index (χ4n) is 1.98. The SMILES string of the molecule is CNC(=O)c1ccc(/C=C/C(=O)NC(CO)c2ccco2)cc1. The van der Waals surface area contributed by atoms with Gasteiger partial charge in [-0.1, -0.05) is 12.1 Å². The normalized spacial score (nSPS) is 12.1. The first-order chi connectivity index (χ1) is 11.1. The first-order valence-electron chi connectivity index (χ1n) is 7.09. The van der Waals surface area contributed by atoms with E-state index in [1.54, 1.807) is 49.5 Å². The van der Waals surface area contributed by atoms with Gasteiger partial charge in [-0.05, 0) is 35.9 Å². The van der Waals surface area contributed by atoms with Crippen LogP contribution in [0, 0.1) is 0 Å². The highest BCUT2D eigenvalue weighted by Crippen LogP contribution is 2.12. The van der Waals surface area contributed by atoms with Crippen LogP contribution >= 0.6 is 0 Å². The Morgan fingerprint density at radius 2 is 2.00 bits per heavy atom. The van der Waals surface area contributed by atoms with Crippen molar-refractivity contribution in [1.82, 2.24) is 10.6 Å². The van der Waals surface area contributed by atoms with Crippen LogP contribution in [0.4, 0.5) is 0 Å². The van der Waals surface area contributed by atoms with Crippen molar-refractivity contribution >= 4 is 17.9 Å². The molecule has 0 aliphatic carbocycles. The monoisotopic (exact) mass is 314 g/mol. The van der Waals surface area contributed by atoms with Crippen molar-refractivity contribution in [3.63, 3.8) is 0 Å². The third-order valence-electron chi connectivity index (χ3n) is 3.21. The summed E-state index contributed by atoms with van der Waals surface area (Å²) in [6.45, 7) is -0.256. The smallest absolute Gasteiger partial charge is 0.251 e. The summed E-state index contributed by atoms with van der Waals surface area (Å²) >= 11 is 0. The van der Waals surface area contributed by atoms with Gasteiger partial charge in [0.25, 0.3) is 5.91 Å². The van der Waals surface area contributed by atoms with Crippen LogP contribution in [0.1, 0.15) is 27.7 Å². The molecule has 0 spiro atoms. The van der Waals surface area contributed by atoms with E-state index >= 15 is 0 Å². The zero-order chi connectivity index (χ0) is 16.7. The summed E-state index contributed by atoms with van der Waals surface area (Å²) in [5.74, 6) is -0.0254. The molecule has 0 bridgehead atoms. The number of aliphatic hydroxyl groups is 1. The number of aliphatic hydroxyl groups excluding tert-OH is 1. The number of carbonyl (C=O) groups excluding carboxylic acids is 2. The quantitative estimate of drug-likeness (QED) is 0.705. The van der Waals surface area contributed by atoms with Crippen molar-refractivity contribution in [3.05, 3.63) is 65.6 Å². The van der Waals surface area contributed by atoms with Crippen LogP contribution in [0.5, 0.6) is 0 Å². The lowest BCUT2D eigenvalue weighted by molar-refractivity contribution is -0.117. The minimum absolute atomic E-state index is 0.164. The predicted molar refractivity (Wildman–Crippen MR) is 85.5 cm³/mol. The highest BCUT2D eigenvalue weighted by molar-refractivity contribution is 5.94. The summed E-state index contributed by atoms with van der Waals surface area (Å²) in [5.41, 5.74) is 1.33. The molecule has 2 amide bonds. The Balaban J connectivity index is 1.96. The summed E-state index contributed by atoms with van der Waals surface area (Å²) < 4.78 is 5.16. The second-order valence-corrected chi connectivity index (χ2v) is 4.79. The molecule has 0 radical (unpaired) electrons. The third-order valence-corrected chi connectivity index (χ3v) is 3.21. The van der Waals surface area contributed by atoms with Gasteiger partial charge >= 0.3 is 0 Å². The standard InChI is InChI=1S/C17H18N2O4/c1-18-17(22)13-7-4-12(5-8-13)6-9-16(21)19-14(11-20)15-3-2-10-23-15/h2-10,14,20H,11H2,1H3,(H,18,22)(H,19,21)/b9-6+. The van der Waals surface area contributed by atoms with Gasteiger partial charge in [-0.2, -0.15) is 0 Å². The van der Waals surface area contributed by atoms with E-state index < -0.39 is 6.04 Å². The van der Waals surface area contributed by atoms with Gasteiger partial charge in [0.05, 0.1) is 12.9 Å². The van der Waals surface area contributed by atoms with Gasteiger partial charge in [-0.15, -0.1) is 0 Å². The lowest BCUT2D eigenvalue weighted by Gasteiger charge is -2.12. The molecule has 0 aliphatic heterocycles. The minimum Gasteiger partial charge on any atom is -0.467 e. The molecule has 2 aromatic rings. The Morgan fingerprint density at radius 1 is 1.26 bits per heavy atom. The molecule has 0 saturated heterocycles. The number of hydrogen-bond acceptors (Lipinski definition) is 4. The van der Waals surface area contributed by atoms with Crippen LogP contribution in [0.2, 0.25) is 0 Å². The minimum atomic E-state index is -0.585. The first kappa shape index (κ1) is 16.5. The maximum absolute atomic E-state index is 11.9.